The van der Waals surface area contributed by atoms with Crippen LogP contribution in [-0.2, 0) is 25.5 Å². The van der Waals surface area contributed by atoms with E-state index in [4.69, 9.17) is 9.40 Å². The van der Waals surface area contributed by atoms with Crippen LogP contribution in [-0.4, -0.2) is 9.97 Å². The van der Waals surface area contributed by atoms with Crippen LogP contribution in [0.4, 0.5) is 0 Å². The first-order valence-corrected chi connectivity index (χ1v) is 16.4. The Kier molecular flexibility index (Phi) is 9.25. The number of hydrogen-bond acceptors (Lipinski definition) is 4. The summed E-state index contributed by atoms with van der Waals surface area (Å²) in [6.45, 7) is 11.2. The van der Waals surface area contributed by atoms with E-state index < -0.39 is 0 Å². The molecule has 4 aromatic heterocycles. The molecule has 0 saturated heterocycles. The first kappa shape index (κ1) is 32.5. The Labute approximate surface area is 293 Å². The van der Waals surface area contributed by atoms with Crippen LogP contribution in [0.25, 0.3) is 65.7 Å². The number of nitrogens with zero attached hydrogens (tertiary/aromatic N) is 2. The van der Waals surface area contributed by atoms with Crippen LogP contribution in [0, 0.1) is 26.0 Å². The predicted octanol–water partition coefficient (Wildman–Crippen LogP) is 11.8. The van der Waals surface area contributed by atoms with E-state index in [0.717, 1.165) is 44.5 Å². The van der Waals surface area contributed by atoms with Gasteiger partial charge in [0.15, 0.2) is 0 Å². The van der Waals surface area contributed by atoms with Crippen molar-refractivity contribution in [2.45, 2.75) is 40.0 Å². The summed E-state index contributed by atoms with van der Waals surface area (Å²) in [5.41, 5.74) is 11.9. The molecule has 8 aromatic rings. The maximum Gasteiger partial charge on any atom is 0.138 e. The fraction of sp³-hybridized carbons (Fsp3) is 0.143. The molecule has 0 atom stereocenters. The Bertz CT molecular complexity index is 2260. The van der Waals surface area contributed by atoms with Gasteiger partial charge in [-0.05, 0) is 75.8 Å². The first-order valence-electron chi connectivity index (χ1n) is 15.5. The molecule has 0 unspecified atom stereocenters. The number of aromatic nitrogens is 2. The third kappa shape index (κ3) is 6.32. The molecule has 0 bridgehead atoms. The van der Waals surface area contributed by atoms with Crippen molar-refractivity contribution in [1.29, 1.82) is 0 Å². The number of aryl methyl sites for hydroxylation is 2. The van der Waals surface area contributed by atoms with Gasteiger partial charge in [0.1, 0.15) is 5.58 Å². The molecule has 0 aliphatic rings. The quantitative estimate of drug-likeness (QED) is 0.167. The fourth-order valence-corrected chi connectivity index (χ4v) is 7.02. The Morgan fingerprint density at radius 2 is 1.51 bits per heavy atom. The van der Waals surface area contributed by atoms with Crippen molar-refractivity contribution in [1.82, 2.24) is 9.97 Å². The van der Waals surface area contributed by atoms with E-state index in [1.807, 2.05) is 54.7 Å². The van der Waals surface area contributed by atoms with Gasteiger partial charge in [-0.1, -0.05) is 80.3 Å². The second kappa shape index (κ2) is 13.4. The van der Waals surface area contributed by atoms with Crippen molar-refractivity contribution in [3.8, 4) is 33.6 Å². The van der Waals surface area contributed by atoms with Gasteiger partial charge in [0.2, 0.25) is 0 Å². The summed E-state index contributed by atoms with van der Waals surface area (Å²) in [6.07, 6.45) is 3.83. The summed E-state index contributed by atoms with van der Waals surface area (Å²) < 4.78 is 7.72. The molecule has 0 amide bonds. The predicted molar refractivity (Wildman–Crippen MR) is 193 cm³/mol. The zero-order valence-corrected chi connectivity index (χ0v) is 30.2. The molecule has 0 N–H and O–H groups in total. The van der Waals surface area contributed by atoms with Gasteiger partial charge in [-0.2, -0.15) is 0 Å². The van der Waals surface area contributed by atoms with E-state index in [9.17, 15) is 0 Å². The molecule has 235 valence electrons. The monoisotopic (exact) mass is 807 g/mol. The van der Waals surface area contributed by atoms with E-state index in [1.165, 1.54) is 37.9 Å². The summed E-state index contributed by atoms with van der Waals surface area (Å²) in [7, 11) is 0. The smallest absolute Gasteiger partial charge is 0.138 e. The molecule has 4 heterocycles. The molecule has 8 rings (SSSR count). The minimum absolute atomic E-state index is 0. The first-order chi connectivity index (χ1) is 22.3. The maximum atomic E-state index is 6.53. The Morgan fingerprint density at radius 3 is 2.23 bits per heavy atom. The van der Waals surface area contributed by atoms with Crippen LogP contribution in [0.3, 0.4) is 0 Å². The van der Waals surface area contributed by atoms with Gasteiger partial charge in [0, 0.05) is 43.4 Å². The maximum absolute atomic E-state index is 6.53. The van der Waals surface area contributed by atoms with Crippen LogP contribution in [0.1, 0.15) is 37.5 Å². The number of pyridine rings is 2. The molecule has 47 heavy (non-hydrogen) atoms. The number of fused-ring (bicyclic) bond motifs is 5. The SMILES string of the molecule is Cc1cccc(C)c1-c1cnc(-c2[c-]ccc3c2oc2c3ccc3ccsc32)cc1C(C)(C)C.[Ir].[c-]1ccccc1-c1ccccn1. The standard InChI is InChI=1S/C31H26NOS.C11H8N.Ir/c1-18-8-6-9-19(2)27(18)24-17-32-26(16-25(24)31(3,4)5)23-11-7-10-21-22-13-12-20-14-15-34-30(20)29(22)33-28(21)23;1-2-6-10(7-3-1)11-8-4-5-9-12-11;/h6-10,12-17H,1-5H3;1-6,8-9H;/q2*-1;. The van der Waals surface area contributed by atoms with Crippen molar-refractivity contribution in [2.24, 2.45) is 0 Å². The average molecular weight is 807 g/mol. The molecule has 0 spiro atoms. The largest absolute Gasteiger partial charge is 0.499 e. The molecule has 4 aromatic carbocycles. The third-order valence-electron chi connectivity index (χ3n) is 8.39. The van der Waals surface area contributed by atoms with Crippen LogP contribution in [0.15, 0.2) is 119 Å². The molecule has 3 nitrogen and oxygen atoms in total. The van der Waals surface area contributed by atoms with E-state index in [2.05, 4.69) is 106 Å². The fourth-order valence-electron chi connectivity index (χ4n) is 6.14. The number of hydrogen-bond donors (Lipinski definition) is 0. The Hall–Kier alpha value is -4.41. The molecule has 5 heteroatoms. The van der Waals surface area contributed by atoms with Crippen molar-refractivity contribution < 1.29 is 24.5 Å². The van der Waals surface area contributed by atoms with Crippen LogP contribution in [0.2, 0.25) is 0 Å². The van der Waals surface area contributed by atoms with Gasteiger partial charge in [-0.15, -0.1) is 65.4 Å². The van der Waals surface area contributed by atoms with Gasteiger partial charge in [0.05, 0.1) is 10.3 Å². The zero-order chi connectivity index (χ0) is 31.8. The minimum atomic E-state index is -0.0490. The molecule has 0 aliphatic heterocycles. The minimum Gasteiger partial charge on any atom is -0.499 e. The summed E-state index contributed by atoms with van der Waals surface area (Å²) in [4.78, 5) is 9.18. The van der Waals surface area contributed by atoms with E-state index in [1.54, 1.807) is 17.5 Å². The summed E-state index contributed by atoms with van der Waals surface area (Å²) in [6, 6.07) is 39.5. The van der Waals surface area contributed by atoms with Gasteiger partial charge >= 0.3 is 0 Å². The van der Waals surface area contributed by atoms with Crippen molar-refractivity contribution in [2.75, 3.05) is 0 Å². The van der Waals surface area contributed by atoms with Gasteiger partial charge in [0.25, 0.3) is 0 Å². The third-order valence-corrected chi connectivity index (χ3v) is 9.32. The van der Waals surface area contributed by atoms with Gasteiger partial charge in [-0.25, -0.2) is 0 Å². The van der Waals surface area contributed by atoms with E-state index in [-0.39, 0.29) is 25.5 Å². The van der Waals surface area contributed by atoms with Crippen molar-refractivity contribution in [3.63, 3.8) is 0 Å². The summed E-state index contributed by atoms with van der Waals surface area (Å²) >= 11 is 1.72. The van der Waals surface area contributed by atoms with Crippen LogP contribution < -0.4 is 0 Å². The topological polar surface area (TPSA) is 38.9 Å². The van der Waals surface area contributed by atoms with Gasteiger partial charge < -0.3 is 14.4 Å². The van der Waals surface area contributed by atoms with Gasteiger partial charge in [-0.3, -0.25) is 0 Å². The van der Waals surface area contributed by atoms with Crippen molar-refractivity contribution >= 4 is 43.4 Å². The van der Waals surface area contributed by atoms with Crippen LogP contribution in [0.5, 0.6) is 0 Å². The number of furan rings is 1. The zero-order valence-electron chi connectivity index (χ0n) is 27.0. The molecule has 0 fully saturated rings. The molecular weight excluding hydrogens is 773 g/mol. The summed E-state index contributed by atoms with van der Waals surface area (Å²) in [5.74, 6) is 0. The van der Waals surface area contributed by atoms with Crippen molar-refractivity contribution in [3.05, 3.63) is 144 Å². The molecule has 0 aliphatic carbocycles. The average Bonchev–Trinajstić information content (AvgIpc) is 3.70. The number of benzene rings is 4. The van der Waals surface area contributed by atoms with E-state index >= 15 is 0 Å². The second-order valence-corrected chi connectivity index (χ2v) is 13.5. The number of thiophene rings is 1. The second-order valence-electron chi connectivity index (χ2n) is 12.6. The molecule has 1 radical (unpaired) electrons. The van der Waals surface area contributed by atoms with Crippen LogP contribution >= 0.6 is 11.3 Å². The molecular formula is C42H34IrN2OS-2. The number of rotatable bonds is 3. The Balaban J connectivity index is 0.000000250. The van der Waals surface area contributed by atoms with E-state index in [0.29, 0.717) is 0 Å². The Morgan fingerprint density at radius 1 is 0.723 bits per heavy atom. The molecule has 0 saturated carbocycles. The summed E-state index contributed by atoms with van der Waals surface area (Å²) in [5, 5.41) is 5.59. The normalized spacial score (nSPS) is 11.3.